The molecule has 0 radical (unpaired) electrons. The maximum Gasteiger partial charge on any atom is 0.251 e. The Balaban J connectivity index is 1.59. The highest BCUT2D eigenvalue weighted by Gasteiger charge is 2.11. The Morgan fingerprint density at radius 2 is 2.21 bits per heavy atom. The van der Waals surface area contributed by atoms with E-state index < -0.39 is 0 Å². The second-order valence-corrected chi connectivity index (χ2v) is 6.51. The van der Waals surface area contributed by atoms with Gasteiger partial charge >= 0.3 is 0 Å². The Morgan fingerprint density at radius 1 is 1.38 bits per heavy atom. The molecule has 2 aromatic heterocycles. The number of aromatic amines is 1. The van der Waals surface area contributed by atoms with Gasteiger partial charge in [0.05, 0.1) is 11.0 Å². The zero-order chi connectivity index (χ0) is 17.1. The molecule has 0 spiro atoms. The molecule has 0 bridgehead atoms. The summed E-state index contributed by atoms with van der Waals surface area (Å²) < 4.78 is 2.06. The van der Waals surface area contributed by atoms with Crippen LogP contribution in [0.15, 0.2) is 23.4 Å². The van der Waals surface area contributed by atoms with Crippen LogP contribution in [-0.4, -0.2) is 42.9 Å². The minimum absolute atomic E-state index is 0.0904. The van der Waals surface area contributed by atoms with Crippen molar-refractivity contribution in [3.05, 3.63) is 35.4 Å². The smallest absolute Gasteiger partial charge is 0.251 e. The van der Waals surface area contributed by atoms with Crippen LogP contribution in [0.25, 0.3) is 11.0 Å². The number of nitrogens with zero attached hydrogens (tertiary/aromatic N) is 4. The van der Waals surface area contributed by atoms with Gasteiger partial charge in [0, 0.05) is 31.3 Å². The zero-order valence-electron chi connectivity index (χ0n) is 14.0. The number of nitrogens with one attached hydrogen (secondary N) is 2. The Labute approximate surface area is 144 Å². The molecular formula is C16H20N6OS. The lowest BCUT2D eigenvalue weighted by molar-refractivity contribution is 0.0956. The van der Waals surface area contributed by atoms with Crippen LogP contribution in [0.2, 0.25) is 0 Å². The summed E-state index contributed by atoms with van der Waals surface area (Å²) in [6.07, 6.45) is 0.866. The van der Waals surface area contributed by atoms with E-state index in [0.29, 0.717) is 17.3 Å². The van der Waals surface area contributed by atoms with E-state index in [9.17, 15) is 4.79 Å². The molecule has 7 nitrogen and oxygen atoms in total. The molecule has 3 rings (SSSR count). The van der Waals surface area contributed by atoms with Crippen molar-refractivity contribution in [1.82, 2.24) is 30.0 Å². The molecule has 0 unspecified atom stereocenters. The molecule has 2 N–H and O–H groups in total. The lowest BCUT2D eigenvalue weighted by atomic mass is 10.2. The minimum atomic E-state index is -0.0904. The minimum Gasteiger partial charge on any atom is -0.351 e. The van der Waals surface area contributed by atoms with Gasteiger partial charge in [-0.25, -0.2) is 9.97 Å². The third-order valence-corrected chi connectivity index (χ3v) is 4.60. The van der Waals surface area contributed by atoms with Crippen molar-refractivity contribution in [3.8, 4) is 0 Å². The number of thioether (sulfide) groups is 1. The lowest BCUT2D eigenvalue weighted by Crippen LogP contribution is -2.25. The Hall–Kier alpha value is -2.35. The first-order valence-corrected chi connectivity index (χ1v) is 8.82. The number of fused-ring (bicyclic) bond motifs is 1. The van der Waals surface area contributed by atoms with E-state index in [-0.39, 0.29) is 5.91 Å². The van der Waals surface area contributed by atoms with Crippen molar-refractivity contribution < 1.29 is 4.79 Å². The number of rotatable bonds is 6. The van der Waals surface area contributed by atoms with Gasteiger partial charge in [-0.05, 0) is 25.1 Å². The van der Waals surface area contributed by atoms with E-state index in [0.717, 1.165) is 34.9 Å². The third kappa shape index (κ3) is 3.43. The number of aromatic nitrogens is 5. The number of carbonyl (C=O) groups excluding carboxylic acids is 1. The average Bonchev–Trinajstić information content (AvgIpc) is 3.14. The van der Waals surface area contributed by atoms with Crippen molar-refractivity contribution >= 4 is 28.7 Å². The third-order valence-electron chi connectivity index (χ3n) is 3.75. The van der Waals surface area contributed by atoms with E-state index in [1.165, 1.54) is 11.8 Å². The van der Waals surface area contributed by atoms with Gasteiger partial charge < -0.3 is 9.88 Å². The Kier molecular flexibility index (Phi) is 4.84. The van der Waals surface area contributed by atoms with Gasteiger partial charge in [-0.15, -0.1) is 5.10 Å². The molecule has 0 atom stereocenters. The molecule has 0 saturated heterocycles. The summed E-state index contributed by atoms with van der Waals surface area (Å²) in [5, 5.41) is 10.5. The van der Waals surface area contributed by atoms with Gasteiger partial charge in [0.1, 0.15) is 11.6 Å². The average molecular weight is 344 g/mol. The van der Waals surface area contributed by atoms with Crippen LogP contribution < -0.4 is 5.32 Å². The predicted octanol–water partition coefficient (Wildman–Crippen LogP) is 2.08. The molecule has 3 aromatic rings. The SMILES string of the molecule is CCc1nc2cc(C(=O)NCCSc3n[nH]c(C)n3)ccc2n1C. The zero-order valence-corrected chi connectivity index (χ0v) is 14.8. The number of aryl methyl sites for hydroxylation is 3. The van der Waals surface area contributed by atoms with Gasteiger partial charge in [-0.1, -0.05) is 18.7 Å². The van der Waals surface area contributed by atoms with E-state index in [1.54, 1.807) is 0 Å². The molecule has 1 aromatic carbocycles. The lowest BCUT2D eigenvalue weighted by Gasteiger charge is -2.04. The summed E-state index contributed by atoms with van der Waals surface area (Å²) in [5.41, 5.74) is 2.52. The second-order valence-electron chi connectivity index (χ2n) is 5.45. The predicted molar refractivity (Wildman–Crippen MR) is 94.3 cm³/mol. The topological polar surface area (TPSA) is 88.5 Å². The standard InChI is InChI=1S/C16H20N6OS/c1-4-14-19-12-9-11(5-6-13(12)22(14)3)15(23)17-7-8-24-16-18-10(2)20-21-16/h5-6,9H,4,7-8H2,1-3H3,(H,17,23)(H,18,20,21). The van der Waals surface area contributed by atoms with Gasteiger partial charge in [-0.2, -0.15) is 0 Å². The highest BCUT2D eigenvalue weighted by Crippen LogP contribution is 2.17. The second kappa shape index (κ2) is 7.04. The van der Waals surface area contributed by atoms with Crippen molar-refractivity contribution in [1.29, 1.82) is 0 Å². The first-order valence-electron chi connectivity index (χ1n) is 7.84. The maximum absolute atomic E-state index is 12.3. The fourth-order valence-electron chi connectivity index (χ4n) is 2.50. The van der Waals surface area contributed by atoms with Crippen LogP contribution in [0.5, 0.6) is 0 Å². The van der Waals surface area contributed by atoms with Gasteiger partial charge in [0.2, 0.25) is 5.16 Å². The normalized spacial score (nSPS) is 11.1. The molecule has 1 amide bonds. The summed E-state index contributed by atoms with van der Waals surface area (Å²) in [5.74, 6) is 2.43. The summed E-state index contributed by atoms with van der Waals surface area (Å²) >= 11 is 1.51. The Bertz CT molecular complexity index is 869. The monoisotopic (exact) mass is 344 g/mol. The molecule has 0 saturated carbocycles. The first-order chi connectivity index (χ1) is 11.6. The molecule has 126 valence electrons. The fourth-order valence-corrected chi connectivity index (χ4v) is 3.20. The van der Waals surface area contributed by atoms with Crippen molar-refractivity contribution in [2.45, 2.75) is 25.4 Å². The summed E-state index contributed by atoms with van der Waals surface area (Å²) in [4.78, 5) is 21.1. The van der Waals surface area contributed by atoms with Crippen molar-refractivity contribution in [2.75, 3.05) is 12.3 Å². The van der Waals surface area contributed by atoms with E-state index >= 15 is 0 Å². The quantitative estimate of drug-likeness (QED) is 0.528. The number of carbonyl (C=O) groups is 1. The van der Waals surface area contributed by atoms with Crippen LogP contribution in [0.4, 0.5) is 0 Å². The highest BCUT2D eigenvalue weighted by atomic mass is 32.2. The van der Waals surface area contributed by atoms with Crippen molar-refractivity contribution in [2.24, 2.45) is 7.05 Å². The number of benzene rings is 1. The summed E-state index contributed by atoms with van der Waals surface area (Å²) in [6.45, 7) is 4.48. The van der Waals surface area contributed by atoms with Gasteiger partial charge in [0.15, 0.2) is 0 Å². The van der Waals surface area contributed by atoms with Crippen molar-refractivity contribution in [3.63, 3.8) is 0 Å². The number of amides is 1. The molecule has 0 fully saturated rings. The van der Waals surface area contributed by atoms with Gasteiger partial charge in [-0.3, -0.25) is 9.89 Å². The number of hydrogen-bond donors (Lipinski definition) is 2. The van der Waals surface area contributed by atoms with Crippen LogP contribution in [-0.2, 0) is 13.5 Å². The number of hydrogen-bond acceptors (Lipinski definition) is 5. The van der Waals surface area contributed by atoms with Crippen LogP contribution in [0.1, 0.15) is 28.9 Å². The molecule has 0 aliphatic heterocycles. The van der Waals surface area contributed by atoms with Gasteiger partial charge in [0.25, 0.3) is 5.91 Å². The molecule has 0 aliphatic carbocycles. The molecule has 0 aliphatic rings. The van der Waals surface area contributed by atoms with E-state index in [2.05, 4.69) is 37.0 Å². The maximum atomic E-state index is 12.3. The van der Waals surface area contributed by atoms with Crippen LogP contribution in [0.3, 0.4) is 0 Å². The van der Waals surface area contributed by atoms with E-state index in [4.69, 9.17) is 0 Å². The molecule has 8 heteroatoms. The highest BCUT2D eigenvalue weighted by molar-refractivity contribution is 7.99. The summed E-state index contributed by atoms with van der Waals surface area (Å²) in [7, 11) is 2.00. The molecule has 24 heavy (non-hydrogen) atoms. The molecule has 2 heterocycles. The summed E-state index contributed by atoms with van der Waals surface area (Å²) in [6, 6.07) is 5.63. The number of imidazole rings is 1. The molecular weight excluding hydrogens is 324 g/mol. The fraction of sp³-hybridized carbons (Fsp3) is 0.375. The largest absolute Gasteiger partial charge is 0.351 e. The van der Waals surface area contributed by atoms with Crippen LogP contribution in [0, 0.1) is 6.92 Å². The Morgan fingerprint density at radius 3 is 2.92 bits per heavy atom. The van der Waals surface area contributed by atoms with Crippen LogP contribution >= 0.6 is 11.8 Å². The first kappa shape index (κ1) is 16.5. The number of H-pyrrole nitrogens is 1. The van der Waals surface area contributed by atoms with E-state index in [1.807, 2.05) is 32.2 Å².